The number of benzene rings is 2. The van der Waals surface area contributed by atoms with Crippen LogP contribution in [0.2, 0.25) is 0 Å². The normalized spacial score (nSPS) is 9.83. The number of nitrogens with one attached hydrogen (secondary N) is 1. The molecule has 124 valence electrons. The molecule has 0 radical (unpaired) electrons. The van der Waals surface area contributed by atoms with Gasteiger partial charge in [-0.05, 0) is 56.4 Å². The number of anilines is 1. The van der Waals surface area contributed by atoms with Gasteiger partial charge < -0.3 is 15.0 Å². The predicted molar refractivity (Wildman–Crippen MR) is 96.8 cm³/mol. The van der Waals surface area contributed by atoms with Gasteiger partial charge in [0.15, 0.2) is 0 Å². The van der Waals surface area contributed by atoms with Crippen molar-refractivity contribution in [2.24, 2.45) is 0 Å². The smallest absolute Gasteiger partial charge is 0.226 e. The van der Waals surface area contributed by atoms with Crippen LogP contribution in [0.25, 0.3) is 0 Å². The van der Waals surface area contributed by atoms with Crippen LogP contribution in [0.15, 0.2) is 54.6 Å². The molecular formula is C18H23ClN2O2. The highest BCUT2D eigenvalue weighted by Crippen LogP contribution is 2.24. The highest BCUT2D eigenvalue weighted by molar-refractivity contribution is 5.92. The second kappa shape index (κ2) is 9.87. The largest absolute Gasteiger partial charge is 0.457 e. The molecule has 4 nitrogen and oxygen atoms in total. The number of rotatable bonds is 7. The van der Waals surface area contributed by atoms with Crippen LogP contribution < -0.4 is 15.0 Å². The maximum absolute atomic E-state index is 12.1. The van der Waals surface area contributed by atoms with E-state index in [0.29, 0.717) is 6.42 Å². The molecule has 0 aromatic heterocycles. The van der Waals surface area contributed by atoms with E-state index in [1.165, 1.54) is 0 Å². The van der Waals surface area contributed by atoms with E-state index >= 15 is 0 Å². The van der Waals surface area contributed by atoms with Gasteiger partial charge in [-0.25, -0.2) is 0 Å². The molecule has 0 saturated heterocycles. The number of para-hydroxylation sites is 1. The summed E-state index contributed by atoms with van der Waals surface area (Å²) in [5.41, 5.74) is 0.870. The van der Waals surface area contributed by atoms with E-state index in [2.05, 4.69) is 5.32 Å². The van der Waals surface area contributed by atoms with Gasteiger partial charge in [-0.15, -0.1) is 12.4 Å². The number of hydrogen-bond acceptors (Lipinski definition) is 3. The molecule has 23 heavy (non-hydrogen) atoms. The zero-order chi connectivity index (χ0) is 15.8. The van der Waals surface area contributed by atoms with Crippen molar-refractivity contribution >= 4 is 24.0 Å². The fraction of sp³-hybridized carbons (Fsp3) is 0.278. The molecule has 2 aromatic rings. The van der Waals surface area contributed by atoms with Gasteiger partial charge in [0.25, 0.3) is 0 Å². The quantitative estimate of drug-likeness (QED) is 0.782. The summed E-state index contributed by atoms with van der Waals surface area (Å²) in [6.45, 7) is 0.851. The van der Waals surface area contributed by atoms with Crippen LogP contribution in [0.1, 0.15) is 12.8 Å². The molecule has 0 unspecified atom stereocenters. The van der Waals surface area contributed by atoms with E-state index in [0.717, 1.165) is 30.2 Å². The third-order valence-electron chi connectivity index (χ3n) is 3.39. The lowest BCUT2D eigenvalue weighted by molar-refractivity contribution is -0.118. The Hall–Kier alpha value is -2.04. The average Bonchev–Trinajstić information content (AvgIpc) is 2.56. The van der Waals surface area contributed by atoms with Gasteiger partial charge in [0, 0.05) is 19.2 Å². The number of hydrogen-bond donors (Lipinski definition) is 1. The Morgan fingerprint density at radius 3 is 2.26 bits per heavy atom. The number of amides is 1. The lowest BCUT2D eigenvalue weighted by atomic mass is 10.2. The zero-order valence-corrected chi connectivity index (χ0v) is 14.3. The Balaban J connectivity index is 0.00000264. The molecule has 0 fully saturated rings. The fourth-order valence-electron chi connectivity index (χ4n) is 2.09. The Labute approximate surface area is 143 Å². The number of carbonyl (C=O) groups is 1. The van der Waals surface area contributed by atoms with Crippen LogP contribution in [0, 0.1) is 0 Å². The van der Waals surface area contributed by atoms with Crippen molar-refractivity contribution in [3.63, 3.8) is 0 Å². The van der Waals surface area contributed by atoms with Crippen LogP contribution >= 0.6 is 12.4 Å². The van der Waals surface area contributed by atoms with Gasteiger partial charge in [-0.2, -0.15) is 0 Å². The number of halogens is 1. The van der Waals surface area contributed by atoms with Crippen molar-refractivity contribution in [3.05, 3.63) is 54.6 Å². The van der Waals surface area contributed by atoms with Crippen molar-refractivity contribution in [1.82, 2.24) is 5.32 Å². The summed E-state index contributed by atoms with van der Waals surface area (Å²) in [6, 6.07) is 17.2. The van der Waals surface area contributed by atoms with Gasteiger partial charge >= 0.3 is 0 Å². The summed E-state index contributed by atoms with van der Waals surface area (Å²) < 4.78 is 5.74. The molecule has 0 bridgehead atoms. The number of ether oxygens (including phenoxy) is 1. The molecule has 0 aliphatic heterocycles. The van der Waals surface area contributed by atoms with E-state index in [1.807, 2.05) is 61.6 Å². The highest BCUT2D eigenvalue weighted by Gasteiger charge is 2.10. The second-order valence-electron chi connectivity index (χ2n) is 5.07. The van der Waals surface area contributed by atoms with Gasteiger partial charge in [0.1, 0.15) is 11.5 Å². The van der Waals surface area contributed by atoms with Crippen LogP contribution in [-0.2, 0) is 4.79 Å². The first-order chi connectivity index (χ1) is 10.7. The Morgan fingerprint density at radius 2 is 1.65 bits per heavy atom. The van der Waals surface area contributed by atoms with E-state index in [-0.39, 0.29) is 18.3 Å². The standard InChI is InChI=1S/C18H22N2O2.ClH/c1-19-14-6-9-18(21)20(2)15-10-12-17(13-11-15)22-16-7-4-3-5-8-16;/h3-5,7-8,10-13,19H,6,9,14H2,1-2H3;1H. The van der Waals surface area contributed by atoms with Gasteiger partial charge in [-0.3, -0.25) is 4.79 Å². The van der Waals surface area contributed by atoms with Crippen molar-refractivity contribution in [3.8, 4) is 11.5 Å². The fourth-order valence-corrected chi connectivity index (χ4v) is 2.09. The SMILES string of the molecule is CNCCCC(=O)N(C)c1ccc(Oc2ccccc2)cc1.Cl. The summed E-state index contributed by atoms with van der Waals surface area (Å²) in [4.78, 5) is 13.7. The molecule has 2 aromatic carbocycles. The molecule has 0 atom stereocenters. The minimum Gasteiger partial charge on any atom is -0.457 e. The zero-order valence-electron chi connectivity index (χ0n) is 13.5. The summed E-state index contributed by atoms with van der Waals surface area (Å²) in [5, 5.41) is 3.05. The van der Waals surface area contributed by atoms with Crippen molar-refractivity contribution in [2.45, 2.75) is 12.8 Å². The number of carbonyl (C=O) groups excluding carboxylic acids is 1. The maximum atomic E-state index is 12.1. The predicted octanol–water partition coefficient (Wildman–Crippen LogP) is 3.86. The summed E-state index contributed by atoms with van der Waals surface area (Å²) in [7, 11) is 3.69. The van der Waals surface area contributed by atoms with Gasteiger partial charge in [0.05, 0.1) is 0 Å². The first-order valence-electron chi connectivity index (χ1n) is 7.45. The molecule has 1 N–H and O–H groups in total. The molecule has 0 spiro atoms. The number of nitrogens with zero attached hydrogens (tertiary/aromatic N) is 1. The van der Waals surface area contributed by atoms with E-state index in [4.69, 9.17) is 4.74 Å². The van der Waals surface area contributed by atoms with Crippen molar-refractivity contribution in [1.29, 1.82) is 0 Å². The van der Waals surface area contributed by atoms with Crippen LogP contribution in [0.3, 0.4) is 0 Å². The summed E-state index contributed by atoms with van der Waals surface area (Å²) in [6.07, 6.45) is 1.38. The van der Waals surface area contributed by atoms with Crippen molar-refractivity contribution in [2.75, 3.05) is 25.5 Å². The molecule has 0 aliphatic rings. The lowest BCUT2D eigenvalue weighted by Gasteiger charge is -2.17. The third kappa shape index (κ3) is 5.93. The van der Waals surface area contributed by atoms with E-state index in [9.17, 15) is 4.79 Å². The second-order valence-corrected chi connectivity index (χ2v) is 5.07. The van der Waals surface area contributed by atoms with E-state index < -0.39 is 0 Å². The van der Waals surface area contributed by atoms with Crippen LogP contribution in [0.4, 0.5) is 5.69 Å². The molecule has 0 heterocycles. The third-order valence-corrected chi connectivity index (χ3v) is 3.39. The molecule has 5 heteroatoms. The maximum Gasteiger partial charge on any atom is 0.226 e. The Bertz CT molecular complexity index is 588. The highest BCUT2D eigenvalue weighted by atomic mass is 35.5. The van der Waals surface area contributed by atoms with Crippen molar-refractivity contribution < 1.29 is 9.53 Å². The first-order valence-corrected chi connectivity index (χ1v) is 7.45. The molecule has 2 rings (SSSR count). The molecule has 0 aliphatic carbocycles. The Morgan fingerprint density at radius 1 is 1.04 bits per heavy atom. The Kier molecular flexibility index (Phi) is 8.16. The topological polar surface area (TPSA) is 41.6 Å². The minimum atomic E-state index is 0. The average molecular weight is 335 g/mol. The molecular weight excluding hydrogens is 312 g/mol. The monoisotopic (exact) mass is 334 g/mol. The van der Waals surface area contributed by atoms with Crippen LogP contribution in [0.5, 0.6) is 11.5 Å². The molecule has 1 amide bonds. The summed E-state index contributed by atoms with van der Waals surface area (Å²) >= 11 is 0. The summed E-state index contributed by atoms with van der Waals surface area (Å²) in [5.74, 6) is 1.67. The lowest BCUT2D eigenvalue weighted by Crippen LogP contribution is -2.26. The molecule has 0 saturated carbocycles. The minimum absolute atomic E-state index is 0. The van der Waals surface area contributed by atoms with Gasteiger partial charge in [-0.1, -0.05) is 18.2 Å². The first kappa shape index (κ1) is 19.0. The van der Waals surface area contributed by atoms with Gasteiger partial charge in [0.2, 0.25) is 5.91 Å². The van der Waals surface area contributed by atoms with E-state index in [1.54, 1.807) is 11.9 Å². The van der Waals surface area contributed by atoms with Crippen LogP contribution in [-0.4, -0.2) is 26.5 Å².